The van der Waals surface area contributed by atoms with Crippen LogP contribution in [0.5, 0.6) is 0 Å². The number of nitrogens with one attached hydrogen (secondary N) is 1. The first-order valence-electron chi connectivity index (χ1n) is 5.28. The van der Waals surface area contributed by atoms with E-state index in [0.29, 0.717) is 16.3 Å². The number of thiazole rings is 1. The molecule has 0 radical (unpaired) electrons. The summed E-state index contributed by atoms with van der Waals surface area (Å²) in [6.45, 7) is 3.56. The summed E-state index contributed by atoms with van der Waals surface area (Å²) in [5.74, 6) is -0.890. The lowest BCUT2D eigenvalue weighted by Gasteiger charge is -2.06. The van der Waals surface area contributed by atoms with Crippen molar-refractivity contribution in [2.45, 2.75) is 13.8 Å². The summed E-state index contributed by atoms with van der Waals surface area (Å²) in [5, 5.41) is 3.29. The number of nitrogens with two attached hydrogens (primary N) is 1. The van der Waals surface area contributed by atoms with Crippen LogP contribution in [0.3, 0.4) is 0 Å². The van der Waals surface area contributed by atoms with E-state index >= 15 is 0 Å². The minimum absolute atomic E-state index is 0.0745. The van der Waals surface area contributed by atoms with Gasteiger partial charge in [-0.15, -0.1) is 11.3 Å². The van der Waals surface area contributed by atoms with Crippen LogP contribution in [0, 0.1) is 19.7 Å². The molecule has 2 rings (SSSR count). The average molecular weight is 265 g/mol. The Kier molecular flexibility index (Phi) is 3.29. The number of halogens is 1. The Bertz CT molecular complexity index is 609. The average Bonchev–Trinajstić information content (AvgIpc) is 2.63. The van der Waals surface area contributed by atoms with Crippen LogP contribution < -0.4 is 11.1 Å². The zero-order chi connectivity index (χ0) is 13.3. The second kappa shape index (κ2) is 4.73. The number of rotatable bonds is 2. The molecule has 1 aromatic heterocycles. The number of aryl methyl sites for hydroxylation is 2. The second-order valence-electron chi connectivity index (χ2n) is 3.84. The summed E-state index contributed by atoms with van der Waals surface area (Å²) >= 11 is 1.27. The molecule has 0 saturated heterocycles. The van der Waals surface area contributed by atoms with Crippen LogP contribution in [-0.2, 0) is 0 Å². The fraction of sp³-hybridized carbons (Fsp3) is 0.167. The summed E-state index contributed by atoms with van der Waals surface area (Å²) in [6, 6.07) is 4.04. The predicted octanol–water partition coefficient (Wildman–Crippen LogP) is 2.73. The summed E-state index contributed by atoms with van der Waals surface area (Å²) in [7, 11) is 0. The van der Waals surface area contributed by atoms with Gasteiger partial charge in [0.15, 0.2) is 0 Å². The maximum absolute atomic E-state index is 13.5. The van der Waals surface area contributed by atoms with Crippen molar-refractivity contribution >= 4 is 28.6 Å². The summed E-state index contributed by atoms with van der Waals surface area (Å²) in [4.78, 5) is 16.6. The van der Waals surface area contributed by atoms with E-state index in [1.807, 2.05) is 6.92 Å². The number of hydrogen-bond donors (Lipinski definition) is 2. The monoisotopic (exact) mass is 265 g/mol. The third kappa shape index (κ3) is 2.48. The number of anilines is 2. The molecule has 0 aliphatic carbocycles. The van der Waals surface area contributed by atoms with Crippen LogP contribution in [0.4, 0.5) is 15.8 Å². The van der Waals surface area contributed by atoms with Crippen LogP contribution in [-0.4, -0.2) is 10.9 Å². The van der Waals surface area contributed by atoms with E-state index in [2.05, 4.69) is 10.3 Å². The molecule has 1 amide bonds. The number of hydrogen-bond acceptors (Lipinski definition) is 4. The van der Waals surface area contributed by atoms with E-state index in [0.717, 1.165) is 5.01 Å². The Morgan fingerprint density at radius 2 is 2.17 bits per heavy atom. The van der Waals surface area contributed by atoms with Gasteiger partial charge in [-0.05, 0) is 32.0 Å². The quantitative estimate of drug-likeness (QED) is 0.820. The molecule has 0 fully saturated rings. The van der Waals surface area contributed by atoms with Crippen molar-refractivity contribution < 1.29 is 9.18 Å². The van der Waals surface area contributed by atoms with E-state index < -0.39 is 5.82 Å². The minimum Gasteiger partial charge on any atom is -0.399 e. The third-order valence-electron chi connectivity index (χ3n) is 2.35. The first kappa shape index (κ1) is 12.5. The number of aromatic nitrogens is 1. The maximum atomic E-state index is 13.5. The van der Waals surface area contributed by atoms with Crippen LogP contribution in [0.15, 0.2) is 18.2 Å². The van der Waals surface area contributed by atoms with Crippen molar-refractivity contribution in [3.05, 3.63) is 39.6 Å². The smallest absolute Gasteiger partial charge is 0.267 e. The Labute approximate surface area is 108 Å². The standard InChI is InChI=1S/C12H12FN3OS/c1-6-11(18-7(2)15-6)12(17)16-10-5-8(14)3-4-9(10)13/h3-5H,14H2,1-2H3,(H,16,17). The topological polar surface area (TPSA) is 68.0 Å². The Hall–Kier alpha value is -1.95. The van der Waals surface area contributed by atoms with Crippen molar-refractivity contribution in [3.63, 3.8) is 0 Å². The van der Waals surface area contributed by atoms with Gasteiger partial charge in [0, 0.05) is 5.69 Å². The zero-order valence-corrected chi connectivity index (χ0v) is 10.8. The van der Waals surface area contributed by atoms with Gasteiger partial charge in [-0.25, -0.2) is 9.37 Å². The molecule has 4 nitrogen and oxygen atoms in total. The van der Waals surface area contributed by atoms with Crippen molar-refractivity contribution in [2.24, 2.45) is 0 Å². The van der Waals surface area contributed by atoms with Gasteiger partial charge in [0.2, 0.25) is 0 Å². The molecule has 0 saturated carbocycles. The van der Waals surface area contributed by atoms with Crippen molar-refractivity contribution in [1.29, 1.82) is 0 Å². The number of benzene rings is 1. The van der Waals surface area contributed by atoms with Crippen LogP contribution in [0.2, 0.25) is 0 Å². The molecule has 0 spiro atoms. The highest BCUT2D eigenvalue weighted by Crippen LogP contribution is 2.21. The first-order valence-corrected chi connectivity index (χ1v) is 6.09. The van der Waals surface area contributed by atoms with Crippen LogP contribution >= 0.6 is 11.3 Å². The number of nitrogens with zero attached hydrogens (tertiary/aromatic N) is 1. The molecule has 2 aromatic rings. The van der Waals surface area contributed by atoms with Gasteiger partial charge in [-0.2, -0.15) is 0 Å². The highest BCUT2D eigenvalue weighted by atomic mass is 32.1. The van der Waals surface area contributed by atoms with E-state index in [4.69, 9.17) is 5.73 Å². The lowest BCUT2D eigenvalue weighted by atomic mass is 10.2. The molecule has 18 heavy (non-hydrogen) atoms. The second-order valence-corrected chi connectivity index (χ2v) is 5.04. The molecule has 1 aromatic carbocycles. The Morgan fingerprint density at radius 3 is 2.78 bits per heavy atom. The number of carbonyl (C=O) groups excluding carboxylic acids is 1. The number of nitrogen functional groups attached to an aromatic ring is 1. The van der Waals surface area contributed by atoms with Gasteiger partial charge >= 0.3 is 0 Å². The van der Waals surface area contributed by atoms with E-state index in [1.165, 1.54) is 29.5 Å². The normalized spacial score (nSPS) is 10.4. The fourth-order valence-corrected chi connectivity index (χ4v) is 2.37. The molecule has 94 valence electrons. The fourth-order valence-electron chi connectivity index (χ4n) is 1.56. The summed E-state index contributed by atoms with van der Waals surface area (Å²) in [5.41, 5.74) is 6.65. The molecule has 3 N–H and O–H groups in total. The highest BCUT2D eigenvalue weighted by Gasteiger charge is 2.15. The molecular formula is C12H12FN3OS. The first-order chi connectivity index (χ1) is 8.47. The molecule has 0 bridgehead atoms. The molecule has 6 heteroatoms. The van der Waals surface area contributed by atoms with Gasteiger partial charge < -0.3 is 11.1 Å². The summed E-state index contributed by atoms with van der Waals surface area (Å²) in [6.07, 6.45) is 0. The highest BCUT2D eigenvalue weighted by molar-refractivity contribution is 7.13. The molecule has 0 aliphatic rings. The number of carbonyl (C=O) groups is 1. The van der Waals surface area contributed by atoms with Gasteiger partial charge in [-0.1, -0.05) is 0 Å². The van der Waals surface area contributed by atoms with Gasteiger partial charge in [-0.3, -0.25) is 4.79 Å². The third-order valence-corrected chi connectivity index (χ3v) is 3.42. The Balaban J connectivity index is 2.26. The summed E-state index contributed by atoms with van der Waals surface area (Å²) < 4.78 is 13.5. The van der Waals surface area contributed by atoms with Gasteiger partial charge in [0.05, 0.1) is 16.4 Å². The predicted molar refractivity (Wildman–Crippen MR) is 70.4 cm³/mol. The molecule has 0 atom stereocenters. The lowest BCUT2D eigenvalue weighted by Crippen LogP contribution is -2.13. The molecule has 0 unspecified atom stereocenters. The van der Waals surface area contributed by atoms with Gasteiger partial charge in [0.25, 0.3) is 5.91 Å². The van der Waals surface area contributed by atoms with Crippen LogP contribution in [0.25, 0.3) is 0 Å². The Morgan fingerprint density at radius 1 is 1.44 bits per heavy atom. The molecular weight excluding hydrogens is 253 g/mol. The van der Waals surface area contributed by atoms with Crippen molar-refractivity contribution in [3.8, 4) is 0 Å². The zero-order valence-electron chi connectivity index (χ0n) is 9.95. The van der Waals surface area contributed by atoms with Crippen molar-refractivity contribution in [1.82, 2.24) is 4.98 Å². The van der Waals surface area contributed by atoms with Crippen molar-refractivity contribution in [2.75, 3.05) is 11.1 Å². The van der Waals surface area contributed by atoms with E-state index in [1.54, 1.807) is 6.92 Å². The van der Waals surface area contributed by atoms with E-state index in [9.17, 15) is 9.18 Å². The van der Waals surface area contributed by atoms with Crippen LogP contribution in [0.1, 0.15) is 20.4 Å². The SMILES string of the molecule is Cc1nc(C)c(C(=O)Nc2cc(N)ccc2F)s1. The molecule has 0 aliphatic heterocycles. The molecule has 1 heterocycles. The largest absolute Gasteiger partial charge is 0.399 e. The minimum atomic E-state index is -0.517. The maximum Gasteiger partial charge on any atom is 0.267 e. The number of amides is 1. The van der Waals surface area contributed by atoms with Gasteiger partial charge in [0.1, 0.15) is 10.7 Å². The lowest BCUT2D eigenvalue weighted by molar-refractivity contribution is 0.102. The van der Waals surface area contributed by atoms with E-state index in [-0.39, 0.29) is 11.6 Å².